The first-order valence-corrected chi connectivity index (χ1v) is 9.54. The Hall–Kier alpha value is -2.59. The molecule has 3 nitrogen and oxygen atoms in total. The van der Waals surface area contributed by atoms with Crippen LogP contribution < -0.4 is 4.74 Å². The van der Waals surface area contributed by atoms with E-state index in [9.17, 15) is 4.79 Å². The number of rotatable bonds is 7. The predicted molar refractivity (Wildman–Crippen MR) is 110 cm³/mol. The molecule has 0 aromatic heterocycles. The van der Waals surface area contributed by atoms with Gasteiger partial charge in [0.15, 0.2) is 0 Å². The van der Waals surface area contributed by atoms with Gasteiger partial charge in [0.25, 0.3) is 0 Å². The molecule has 0 spiro atoms. The zero-order chi connectivity index (χ0) is 19.1. The Bertz CT molecular complexity index is 879. The molecule has 1 atom stereocenters. The van der Waals surface area contributed by atoms with Gasteiger partial charge in [0.1, 0.15) is 12.4 Å². The molecule has 27 heavy (non-hydrogen) atoms. The third-order valence-corrected chi connectivity index (χ3v) is 4.88. The molecule has 0 aliphatic heterocycles. The van der Waals surface area contributed by atoms with E-state index >= 15 is 0 Å². The van der Waals surface area contributed by atoms with Crippen molar-refractivity contribution in [3.63, 3.8) is 0 Å². The highest BCUT2D eigenvalue weighted by Crippen LogP contribution is 2.37. The van der Waals surface area contributed by atoms with E-state index in [-0.39, 0.29) is 18.3 Å². The van der Waals surface area contributed by atoms with Gasteiger partial charge < -0.3 is 9.47 Å². The molecule has 138 valence electrons. The first-order chi connectivity index (χ1) is 13.2. The monoisotopic (exact) mass is 424 g/mol. The van der Waals surface area contributed by atoms with E-state index in [0.717, 1.165) is 26.9 Å². The highest BCUT2D eigenvalue weighted by Gasteiger charge is 2.22. The van der Waals surface area contributed by atoms with Crippen LogP contribution in [0.25, 0.3) is 0 Å². The number of halogens is 1. The molecule has 1 unspecified atom stereocenters. The average molecular weight is 425 g/mol. The molecule has 3 aromatic carbocycles. The molecule has 0 aliphatic carbocycles. The molecule has 0 heterocycles. The molecule has 4 heteroatoms. The van der Waals surface area contributed by atoms with Crippen LogP contribution in [-0.2, 0) is 16.1 Å². The Kier molecular flexibility index (Phi) is 6.66. The van der Waals surface area contributed by atoms with E-state index in [2.05, 4.69) is 15.9 Å². The van der Waals surface area contributed by atoms with Gasteiger partial charge in [0, 0.05) is 16.0 Å². The first-order valence-electron chi connectivity index (χ1n) is 8.75. The molecule has 0 amide bonds. The molecule has 3 aromatic rings. The number of methoxy groups -OCH3 is 1. The van der Waals surface area contributed by atoms with Crippen LogP contribution >= 0.6 is 15.9 Å². The van der Waals surface area contributed by atoms with Crippen molar-refractivity contribution in [3.05, 3.63) is 100 Å². The van der Waals surface area contributed by atoms with Crippen LogP contribution in [0.3, 0.4) is 0 Å². The van der Waals surface area contributed by atoms with Gasteiger partial charge >= 0.3 is 5.97 Å². The van der Waals surface area contributed by atoms with E-state index in [1.165, 1.54) is 7.11 Å². The predicted octanol–water partition coefficient (Wildman–Crippen LogP) is 5.72. The molecular weight excluding hydrogens is 404 g/mol. The Balaban J connectivity index is 1.95. The van der Waals surface area contributed by atoms with Gasteiger partial charge in [0.2, 0.25) is 0 Å². The van der Waals surface area contributed by atoms with Crippen molar-refractivity contribution in [1.29, 1.82) is 0 Å². The van der Waals surface area contributed by atoms with E-state index < -0.39 is 0 Å². The molecule has 0 radical (unpaired) electrons. The Morgan fingerprint density at radius 3 is 2.30 bits per heavy atom. The van der Waals surface area contributed by atoms with Crippen LogP contribution in [0.4, 0.5) is 0 Å². The second kappa shape index (κ2) is 9.38. The summed E-state index contributed by atoms with van der Waals surface area (Å²) in [6.07, 6.45) is 0.249. The maximum Gasteiger partial charge on any atom is 0.306 e. The second-order valence-electron chi connectivity index (χ2n) is 6.20. The van der Waals surface area contributed by atoms with Crippen molar-refractivity contribution in [3.8, 4) is 5.75 Å². The smallest absolute Gasteiger partial charge is 0.306 e. The van der Waals surface area contributed by atoms with Crippen molar-refractivity contribution in [2.24, 2.45) is 0 Å². The number of ether oxygens (including phenoxy) is 2. The minimum Gasteiger partial charge on any atom is -0.489 e. The van der Waals surface area contributed by atoms with Crippen molar-refractivity contribution >= 4 is 21.9 Å². The van der Waals surface area contributed by atoms with Crippen LogP contribution in [0.1, 0.15) is 29.0 Å². The normalized spacial score (nSPS) is 11.6. The fourth-order valence-electron chi connectivity index (χ4n) is 3.00. The first kappa shape index (κ1) is 19.2. The SMILES string of the molecule is COC(=O)CC(c1ccccc1)c1cc(Br)ccc1OCc1ccccc1. The van der Waals surface area contributed by atoms with Crippen LogP contribution in [0.2, 0.25) is 0 Å². The van der Waals surface area contributed by atoms with Crippen molar-refractivity contribution in [2.75, 3.05) is 7.11 Å². The lowest BCUT2D eigenvalue weighted by Crippen LogP contribution is -2.11. The lowest BCUT2D eigenvalue weighted by Gasteiger charge is -2.21. The van der Waals surface area contributed by atoms with Gasteiger partial charge in [-0.2, -0.15) is 0 Å². The lowest BCUT2D eigenvalue weighted by atomic mass is 9.88. The van der Waals surface area contributed by atoms with E-state index in [4.69, 9.17) is 9.47 Å². The zero-order valence-electron chi connectivity index (χ0n) is 15.1. The van der Waals surface area contributed by atoms with Crippen LogP contribution in [0.15, 0.2) is 83.3 Å². The maximum atomic E-state index is 12.1. The standard InChI is InChI=1S/C23H21BrO3/c1-26-23(25)15-20(18-10-6-3-7-11-18)21-14-19(24)12-13-22(21)27-16-17-8-4-2-5-9-17/h2-14,20H,15-16H2,1H3. The summed E-state index contributed by atoms with van der Waals surface area (Å²) in [6.45, 7) is 0.467. The third kappa shape index (κ3) is 5.20. The molecule has 0 saturated heterocycles. The largest absolute Gasteiger partial charge is 0.489 e. The van der Waals surface area contributed by atoms with Gasteiger partial charge in [-0.25, -0.2) is 0 Å². The number of benzene rings is 3. The molecule has 0 N–H and O–H groups in total. The van der Waals surface area contributed by atoms with Crippen LogP contribution in [0.5, 0.6) is 5.75 Å². The number of hydrogen-bond donors (Lipinski definition) is 0. The van der Waals surface area contributed by atoms with Crippen molar-refractivity contribution < 1.29 is 14.3 Å². The third-order valence-electron chi connectivity index (χ3n) is 4.38. The zero-order valence-corrected chi connectivity index (χ0v) is 16.7. The number of carbonyl (C=O) groups is 1. The maximum absolute atomic E-state index is 12.1. The van der Waals surface area contributed by atoms with E-state index in [0.29, 0.717) is 6.61 Å². The number of esters is 1. The number of hydrogen-bond acceptors (Lipinski definition) is 3. The van der Waals surface area contributed by atoms with Crippen molar-refractivity contribution in [1.82, 2.24) is 0 Å². The molecular formula is C23H21BrO3. The summed E-state index contributed by atoms with van der Waals surface area (Å²) in [5.41, 5.74) is 3.10. The molecule has 3 rings (SSSR count). The summed E-state index contributed by atoms with van der Waals surface area (Å²) < 4.78 is 12.0. The van der Waals surface area contributed by atoms with Crippen LogP contribution in [0, 0.1) is 0 Å². The van der Waals surface area contributed by atoms with E-state index in [1.807, 2.05) is 78.9 Å². The Morgan fingerprint density at radius 2 is 1.63 bits per heavy atom. The van der Waals surface area contributed by atoms with Gasteiger partial charge in [-0.1, -0.05) is 76.6 Å². The highest BCUT2D eigenvalue weighted by molar-refractivity contribution is 9.10. The van der Waals surface area contributed by atoms with Crippen molar-refractivity contribution in [2.45, 2.75) is 18.9 Å². The molecule has 0 saturated carbocycles. The van der Waals surface area contributed by atoms with Gasteiger partial charge in [-0.15, -0.1) is 0 Å². The molecule has 0 fully saturated rings. The second-order valence-corrected chi connectivity index (χ2v) is 7.12. The molecule has 0 aliphatic rings. The fourth-order valence-corrected chi connectivity index (χ4v) is 3.38. The Morgan fingerprint density at radius 1 is 0.963 bits per heavy atom. The number of carbonyl (C=O) groups excluding carboxylic acids is 1. The van der Waals surface area contributed by atoms with Gasteiger partial charge in [-0.3, -0.25) is 4.79 Å². The van der Waals surface area contributed by atoms with Crippen LogP contribution in [-0.4, -0.2) is 13.1 Å². The Labute approximate surface area is 168 Å². The summed E-state index contributed by atoms with van der Waals surface area (Å²) >= 11 is 3.54. The summed E-state index contributed by atoms with van der Waals surface area (Å²) in [5.74, 6) is 0.361. The minimum absolute atomic E-state index is 0.151. The molecule has 0 bridgehead atoms. The summed E-state index contributed by atoms with van der Waals surface area (Å²) in [4.78, 5) is 12.1. The lowest BCUT2D eigenvalue weighted by molar-refractivity contribution is -0.140. The highest BCUT2D eigenvalue weighted by atomic mass is 79.9. The topological polar surface area (TPSA) is 35.5 Å². The quantitative estimate of drug-likeness (QED) is 0.454. The average Bonchev–Trinajstić information content (AvgIpc) is 2.72. The fraction of sp³-hybridized carbons (Fsp3) is 0.174. The van der Waals surface area contributed by atoms with E-state index in [1.54, 1.807) is 0 Å². The summed E-state index contributed by atoms with van der Waals surface area (Å²) in [6, 6.07) is 25.9. The summed E-state index contributed by atoms with van der Waals surface area (Å²) in [7, 11) is 1.41. The minimum atomic E-state index is -0.252. The van der Waals surface area contributed by atoms with Gasteiger partial charge in [-0.05, 0) is 29.3 Å². The summed E-state index contributed by atoms with van der Waals surface area (Å²) in [5, 5.41) is 0. The van der Waals surface area contributed by atoms with Gasteiger partial charge in [0.05, 0.1) is 13.5 Å².